The first-order chi connectivity index (χ1) is 15.6. The van der Waals surface area contributed by atoms with E-state index in [2.05, 4.69) is 0 Å². The van der Waals surface area contributed by atoms with E-state index in [1.807, 2.05) is 37.3 Å². The van der Waals surface area contributed by atoms with Gasteiger partial charge in [-0.15, -0.1) is 0 Å². The van der Waals surface area contributed by atoms with Gasteiger partial charge in [0.25, 0.3) is 0 Å². The lowest BCUT2D eigenvalue weighted by Gasteiger charge is -2.45. The third-order valence-electron chi connectivity index (χ3n) is 5.96. The van der Waals surface area contributed by atoms with E-state index in [9.17, 15) is 14.4 Å². The largest absolute Gasteiger partial charge is 0.464 e. The number of hydrogen-bond donors (Lipinski definition) is 0. The number of ether oxygens (including phenoxy) is 3. The van der Waals surface area contributed by atoms with Gasteiger partial charge in [-0.1, -0.05) is 56.5 Å². The third kappa shape index (κ3) is 7.76. The first-order valence-corrected chi connectivity index (χ1v) is 11.9. The standard InChI is InChI=1S/C26H39NO6/c1-6-17-31-22(28)18-27(24(30)33-25(2,3)4)26(5,21-15-11-8-12-16-21)23(29)32-19-20-13-9-7-10-14-20/h7,9-10,13-14,21H,6,8,11-12,15-19H2,1-5H3/t26-/m1/s1. The second-order valence-corrected chi connectivity index (χ2v) is 9.83. The van der Waals surface area contributed by atoms with Gasteiger partial charge in [0, 0.05) is 0 Å². The number of amides is 1. The number of hydrogen-bond acceptors (Lipinski definition) is 6. The van der Waals surface area contributed by atoms with Gasteiger partial charge in [-0.3, -0.25) is 9.69 Å². The Morgan fingerprint density at radius 3 is 2.18 bits per heavy atom. The van der Waals surface area contributed by atoms with Crippen molar-refractivity contribution in [3.63, 3.8) is 0 Å². The summed E-state index contributed by atoms with van der Waals surface area (Å²) in [5.74, 6) is -1.26. The molecule has 0 N–H and O–H groups in total. The fourth-order valence-corrected chi connectivity index (χ4v) is 4.16. The van der Waals surface area contributed by atoms with Crippen LogP contribution in [0.2, 0.25) is 0 Å². The summed E-state index contributed by atoms with van der Waals surface area (Å²) < 4.78 is 16.6. The van der Waals surface area contributed by atoms with E-state index in [4.69, 9.17) is 14.2 Å². The summed E-state index contributed by atoms with van der Waals surface area (Å²) in [6, 6.07) is 9.39. The summed E-state index contributed by atoms with van der Waals surface area (Å²) in [6.45, 7) is 8.82. The van der Waals surface area contributed by atoms with Crippen LogP contribution in [0.15, 0.2) is 30.3 Å². The molecule has 1 aromatic rings. The fraction of sp³-hybridized carbons (Fsp3) is 0.654. The van der Waals surface area contributed by atoms with Crippen LogP contribution in [0.25, 0.3) is 0 Å². The molecule has 0 spiro atoms. The van der Waals surface area contributed by atoms with E-state index in [-0.39, 0.29) is 25.7 Å². The first kappa shape index (κ1) is 26.7. The van der Waals surface area contributed by atoms with E-state index in [0.717, 1.165) is 37.7 Å². The number of carbonyl (C=O) groups is 3. The van der Waals surface area contributed by atoms with Crippen LogP contribution >= 0.6 is 0 Å². The zero-order valence-electron chi connectivity index (χ0n) is 20.7. The van der Waals surface area contributed by atoms with Crippen LogP contribution in [0.3, 0.4) is 0 Å². The Bertz CT molecular complexity index is 782. The zero-order valence-corrected chi connectivity index (χ0v) is 20.7. The lowest BCUT2D eigenvalue weighted by Crippen LogP contribution is -2.62. The molecule has 0 unspecified atom stereocenters. The highest BCUT2D eigenvalue weighted by Gasteiger charge is 2.51. The van der Waals surface area contributed by atoms with Gasteiger partial charge in [0.15, 0.2) is 0 Å². The maximum Gasteiger partial charge on any atom is 0.411 e. The van der Waals surface area contributed by atoms with E-state index in [1.165, 1.54) is 4.90 Å². The molecule has 1 aliphatic carbocycles. The molecular formula is C26H39NO6. The molecule has 1 saturated carbocycles. The molecule has 0 bridgehead atoms. The van der Waals surface area contributed by atoms with Crippen molar-refractivity contribution in [3.05, 3.63) is 35.9 Å². The lowest BCUT2D eigenvalue weighted by atomic mass is 9.74. The lowest BCUT2D eigenvalue weighted by molar-refractivity contribution is -0.166. The maximum absolute atomic E-state index is 13.6. The van der Waals surface area contributed by atoms with Crippen LogP contribution < -0.4 is 0 Å². The Hall–Kier alpha value is -2.57. The average Bonchev–Trinajstić information content (AvgIpc) is 2.79. The summed E-state index contributed by atoms with van der Waals surface area (Å²) in [6.07, 6.45) is 4.46. The second kappa shape index (κ2) is 12.1. The van der Waals surface area contributed by atoms with Crippen LogP contribution in [0, 0.1) is 5.92 Å². The molecule has 7 nitrogen and oxygen atoms in total. The molecule has 1 aromatic carbocycles. The normalized spacial score (nSPS) is 16.4. The van der Waals surface area contributed by atoms with E-state index in [1.54, 1.807) is 27.7 Å². The van der Waals surface area contributed by atoms with Gasteiger partial charge >= 0.3 is 18.0 Å². The van der Waals surface area contributed by atoms with E-state index < -0.39 is 29.2 Å². The van der Waals surface area contributed by atoms with Gasteiger partial charge in [0.2, 0.25) is 0 Å². The maximum atomic E-state index is 13.6. The van der Waals surface area contributed by atoms with Crippen molar-refractivity contribution in [3.8, 4) is 0 Å². The average molecular weight is 462 g/mol. The van der Waals surface area contributed by atoms with Crippen molar-refractivity contribution in [1.82, 2.24) is 4.90 Å². The Morgan fingerprint density at radius 2 is 1.61 bits per heavy atom. The highest BCUT2D eigenvalue weighted by atomic mass is 16.6. The molecule has 1 amide bonds. The molecule has 184 valence electrons. The Labute approximate surface area is 197 Å². The molecule has 7 heteroatoms. The highest BCUT2D eigenvalue weighted by molar-refractivity contribution is 5.88. The fourth-order valence-electron chi connectivity index (χ4n) is 4.16. The second-order valence-electron chi connectivity index (χ2n) is 9.83. The molecule has 0 radical (unpaired) electrons. The molecular weight excluding hydrogens is 422 g/mol. The van der Waals surface area contributed by atoms with Crippen LogP contribution in [0.4, 0.5) is 4.79 Å². The van der Waals surface area contributed by atoms with Gasteiger partial charge in [0.05, 0.1) is 6.61 Å². The van der Waals surface area contributed by atoms with Crippen molar-refractivity contribution in [2.24, 2.45) is 5.92 Å². The van der Waals surface area contributed by atoms with E-state index >= 15 is 0 Å². The topological polar surface area (TPSA) is 82.1 Å². The number of carbonyl (C=O) groups excluding carboxylic acids is 3. The molecule has 1 atom stereocenters. The molecule has 0 heterocycles. The first-order valence-electron chi connectivity index (χ1n) is 11.9. The number of esters is 2. The van der Waals surface area contributed by atoms with Crippen molar-refractivity contribution in [2.75, 3.05) is 13.2 Å². The van der Waals surface area contributed by atoms with Crippen LogP contribution in [-0.4, -0.2) is 47.2 Å². The molecule has 0 aromatic heterocycles. The third-order valence-corrected chi connectivity index (χ3v) is 5.96. The molecule has 2 rings (SSSR count). The minimum absolute atomic E-state index is 0.0877. The number of benzene rings is 1. The highest BCUT2D eigenvalue weighted by Crippen LogP contribution is 2.38. The molecule has 1 aliphatic rings. The Balaban J connectivity index is 2.38. The summed E-state index contributed by atoms with van der Waals surface area (Å²) in [7, 11) is 0. The molecule has 0 aliphatic heterocycles. The summed E-state index contributed by atoms with van der Waals surface area (Å²) in [4.78, 5) is 40.8. The van der Waals surface area contributed by atoms with Gasteiger partial charge in [0.1, 0.15) is 24.3 Å². The Kier molecular flexibility index (Phi) is 9.74. The SMILES string of the molecule is CCCOC(=O)CN(C(=O)OC(C)(C)C)[C@@](C)(C(=O)OCc1ccccc1)C1CCCCC1. The van der Waals surface area contributed by atoms with Crippen molar-refractivity contribution in [2.45, 2.75) is 90.9 Å². The van der Waals surface area contributed by atoms with Gasteiger partial charge in [-0.2, -0.15) is 0 Å². The predicted octanol–water partition coefficient (Wildman–Crippen LogP) is 5.26. The summed E-state index contributed by atoms with van der Waals surface area (Å²) in [5, 5.41) is 0. The minimum atomic E-state index is -1.36. The van der Waals surface area contributed by atoms with Gasteiger partial charge in [-0.05, 0) is 58.4 Å². The van der Waals surface area contributed by atoms with Gasteiger partial charge < -0.3 is 14.2 Å². The monoisotopic (exact) mass is 461 g/mol. The number of nitrogens with zero attached hydrogens (tertiary/aromatic N) is 1. The van der Waals surface area contributed by atoms with Crippen molar-refractivity contribution in [1.29, 1.82) is 0 Å². The quantitative estimate of drug-likeness (QED) is 0.369. The summed E-state index contributed by atoms with van der Waals surface area (Å²) >= 11 is 0. The Morgan fingerprint density at radius 1 is 0.970 bits per heavy atom. The molecule has 1 fully saturated rings. The van der Waals surface area contributed by atoms with Crippen LogP contribution in [-0.2, 0) is 30.4 Å². The predicted molar refractivity (Wildman–Crippen MR) is 125 cm³/mol. The summed E-state index contributed by atoms with van der Waals surface area (Å²) in [5.41, 5.74) is -1.30. The van der Waals surface area contributed by atoms with Crippen LogP contribution in [0.5, 0.6) is 0 Å². The van der Waals surface area contributed by atoms with Gasteiger partial charge in [-0.25, -0.2) is 9.59 Å². The molecule has 0 saturated heterocycles. The van der Waals surface area contributed by atoms with Crippen molar-refractivity contribution < 1.29 is 28.6 Å². The number of rotatable bonds is 9. The van der Waals surface area contributed by atoms with Crippen molar-refractivity contribution >= 4 is 18.0 Å². The minimum Gasteiger partial charge on any atom is -0.464 e. The smallest absolute Gasteiger partial charge is 0.411 e. The van der Waals surface area contributed by atoms with E-state index in [0.29, 0.717) is 6.42 Å². The van der Waals surface area contributed by atoms with Crippen LogP contribution in [0.1, 0.15) is 78.7 Å². The molecule has 33 heavy (non-hydrogen) atoms. The zero-order chi connectivity index (χ0) is 24.5.